The van der Waals surface area contributed by atoms with Gasteiger partial charge in [0.15, 0.2) is 11.5 Å². The highest BCUT2D eigenvalue weighted by Crippen LogP contribution is 2.57. The molecule has 4 aliphatic rings. The lowest BCUT2D eigenvalue weighted by atomic mass is 9.70. The summed E-state index contributed by atoms with van der Waals surface area (Å²) in [7, 11) is 0. The van der Waals surface area contributed by atoms with Crippen molar-refractivity contribution in [2.45, 2.75) is 426 Å². The van der Waals surface area contributed by atoms with E-state index in [4.69, 9.17) is 23.7 Å². The molecule has 5 atom stereocenters. The van der Waals surface area contributed by atoms with Crippen LogP contribution >= 0.6 is 0 Å². The van der Waals surface area contributed by atoms with Gasteiger partial charge >= 0.3 is 5.97 Å². The van der Waals surface area contributed by atoms with E-state index in [2.05, 4.69) is 111 Å². The second-order valence-electron chi connectivity index (χ2n) is 35.9. The van der Waals surface area contributed by atoms with Gasteiger partial charge in [0, 0.05) is 41.5 Å². The first-order valence-electron chi connectivity index (χ1n) is 44.7. The van der Waals surface area contributed by atoms with E-state index in [1.807, 2.05) is 12.1 Å². The van der Waals surface area contributed by atoms with Crippen molar-refractivity contribution in [3.8, 4) is 28.7 Å². The van der Waals surface area contributed by atoms with Crippen molar-refractivity contribution >= 4 is 17.8 Å². The number of carbonyl (C=O) groups excluding carboxylic acids is 3. The summed E-state index contributed by atoms with van der Waals surface area (Å²) in [4.78, 5) is 43.5. The van der Waals surface area contributed by atoms with E-state index in [1.54, 1.807) is 0 Å². The Morgan fingerprint density at radius 2 is 0.790 bits per heavy atom. The summed E-state index contributed by atoms with van der Waals surface area (Å²) in [6.45, 7) is 27.0. The predicted molar refractivity (Wildman–Crippen MR) is 441 cm³/mol. The Morgan fingerprint density at radius 1 is 0.448 bits per heavy atom. The summed E-state index contributed by atoms with van der Waals surface area (Å²) in [5.74, 6) is 2.86. The second kappa shape index (κ2) is 48.0. The topological polar surface area (TPSA) is 121 Å². The molecule has 2 N–H and O–H groups in total. The molecular weight excluding hydrogens is 1300 g/mol. The maximum absolute atomic E-state index is 15.4. The molecule has 1 saturated heterocycles. The van der Waals surface area contributed by atoms with E-state index < -0.39 is 11.4 Å². The standard InChI is InChI=1S/C95H156N2O8/c1-12-15-18-21-24-27-30-33-36-39-42-45-48-51-54-57-60-101-84-63-73(64-85(102-61-58-55-52-49-46-43-40-37-34-31-28-25-22-19-16-13-2)89(84)103-62-59-56-53-50-47-44-41-38-35-32-29-26-23-20-17-14-3)71-96-90(98)78-67-75(93(4,5)6)69-81-87(78)105-88-79(68-76(94(7,8)9)70-82(88)95(81,10)11)92(100)104-83-66-74-65-77(83)86-80(74)72-97-91(86)99/h63-64,67-70,74,77,80,83,86H,12-62,65-66,71-72H2,1-11H3,(H,96,98)(H,97,99). The Kier molecular flexibility index (Phi) is 40.0. The molecule has 0 spiro atoms. The summed E-state index contributed by atoms with van der Waals surface area (Å²) in [6.07, 6.45) is 64.6. The summed E-state index contributed by atoms with van der Waals surface area (Å²) in [5, 5.41) is 6.47. The number of ether oxygens (including phenoxy) is 5. The molecule has 0 aromatic heterocycles. The molecule has 2 aliphatic carbocycles. The van der Waals surface area contributed by atoms with Crippen LogP contribution in [0.4, 0.5) is 0 Å². The van der Waals surface area contributed by atoms with Crippen LogP contribution in [-0.2, 0) is 32.3 Å². The molecule has 2 bridgehead atoms. The van der Waals surface area contributed by atoms with Crippen molar-refractivity contribution in [3.63, 3.8) is 0 Å². The average molecular weight is 1450 g/mol. The van der Waals surface area contributed by atoms with Gasteiger partial charge in [0.05, 0.1) is 25.4 Å². The van der Waals surface area contributed by atoms with Crippen LogP contribution in [0.2, 0.25) is 0 Å². The lowest BCUT2D eigenvalue weighted by Crippen LogP contribution is -2.36. The van der Waals surface area contributed by atoms with Gasteiger partial charge < -0.3 is 34.3 Å². The van der Waals surface area contributed by atoms with Crippen LogP contribution in [0.3, 0.4) is 0 Å². The largest absolute Gasteiger partial charge is 0.490 e. The van der Waals surface area contributed by atoms with Crippen molar-refractivity contribution in [1.29, 1.82) is 0 Å². The minimum atomic E-state index is -0.684. The second-order valence-corrected chi connectivity index (χ2v) is 35.9. The molecule has 3 aromatic rings. The predicted octanol–water partition coefficient (Wildman–Crippen LogP) is 27.5. The number of rotatable bonds is 59. The van der Waals surface area contributed by atoms with Crippen molar-refractivity contribution in [3.05, 3.63) is 75.3 Å². The van der Waals surface area contributed by atoms with Gasteiger partial charge in [-0.3, -0.25) is 9.59 Å². The first kappa shape index (κ1) is 87.5. The summed E-state index contributed by atoms with van der Waals surface area (Å²) < 4.78 is 34.3. The maximum Gasteiger partial charge on any atom is 0.342 e. The van der Waals surface area contributed by atoms with Gasteiger partial charge in [-0.1, -0.05) is 377 Å². The van der Waals surface area contributed by atoms with Crippen LogP contribution in [0.15, 0.2) is 36.4 Å². The molecule has 7 rings (SSSR count). The van der Waals surface area contributed by atoms with Crippen LogP contribution in [0, 0.1) is 23.7 Å². The number of carbonyl (C=O) groups is 3. The Hall–Kier alpha value is -4.73. The minimum absolute atomic E-state index is 0.00663. The fourth-order valence-corrected chi connectivity index (χ4v) is 17.5. The van der Waals surface area contributed by atoms with Crippen LogP contribution in [0.25, 0.3) is 0 Å². The fourth-order valence-electron chi connectivity index (χ4n) is 17.5. The van der Waals surface area contributed by atoms with Gasteiger partial charge in [-0.25, -0.2) is 4.79 Å². The molecule has 10 heteroatoms. The highest BCUT2D eigenvalue weighted by Gasteiger charge is 2.59. The van der Waals surface area contributed by atoms with Crippen molar-refractivity contribution in [1.82, 2.24) is 10.6 Å². The Morgan fingerprint density at radius 3 is 1.16 bits per heavy atom. The van der Waals surface area contributed by atoms with E-state index >= 15 is 4.79 Å². The molecule has 2 heterocycles. The van der Waals surface area contributed by atoms with E-state index in [-0.39, 0.29) is 47.1 Å². The first-order chi connectivity index (χ1) is 50.9. The van der Waals surface area contributed by atoms with Crippen LogP contribution in [-0.4, -0.2) is 50.3 Å². The van der Waals surface area contributed by atoms with E-state index in [1.165, 1.54) is 270 Å². The summed E-state index contributed by atoms with van der Waals surface area (Å²) >= 11 is 0. The molecule has 5 unspecified atom stereocenters. The number of unbranched alkanes of at least 4 members (excludes halogenated alkanes) is 45. The van der Waals surface area contributed by atoms with Crippen molar-refractivity contribution < 1.29 is 38.1 Å². The molecule has 594 valence electrons. The number of esters is 1. The molecule has 2 aliphatic heterocycles. The molecule has 2 saturated carbocycles. The minimum Gasteiger partial charge on any atom is -0.490 e. The molecule has 105 heavy (non-hydrogen) atoms. The summed E-state index contributed by atoms with van der Waals surface area (Å²) in [6, 6.07) is 12.5. The lowest BCUT2D eigenvalue weighted by molar-refractivity contribution is -0.126. The van der Waals surface area contributed by atoms with Crippen LogP contribution < -0.4 is 29.6 Å². The van der Waals surface area contributed by atoms with Gasteiger partial charge in [-0.05, 0) is 95.7 Å². The lowest BCUT2D eigenvalue weighted by Gasteiger charge is -2.39. The highest BCUT2D eigenvalue weighted by molar-refractivity contribution is 5.99. The van der Waals surface area contributed by atoms with Gasteiger partial charge in [0.1, 0.15) is 23.2 Å². The maximum atomic E-state index is 15.4. The fraction of sp³-hybridized carbons (Fsp3) is 0.779. The summed E-state index contributed by atoms with van der Waals surface area (Å²) in [5.41, 5.74) is 4.14. The third kappa shape index (κ3) is 29.6. The zero-order valence-electron chi connectivity index (χ0n) is 69.5. The average Bonchev–Trinajstić information content (AvgIpc) is 1.69. The Bertz CT molecular complexity index is 2890. The first-order valence-corrected chi connectivity index (χ1v) is 44.7. The monoisotopic (exact) mass is 1450 g/mol. The molecule has 3 aromatic carbocycles. The van der Waals surface area contributed by atoms with Gasteiger partial charge in [-0.15, -0.1) is 0 Å². The third-order valence-electron chi connectivity index (χ3n) is 24.4. The Balaban J connectivity index is 1.05. The molecular formula is C95H156N2O8. The van der Waals surface area contributed by atoms with E-state index in [0.717, 1.165) is 79.2 Å². The molecule has 10 nitrogen and oxygen atoms in total. The zero-order valence-corrected chi connectivity index (χ0v) is 69.5. The number of hydrogen-bond donors (Lipinski definition) is 2. The third-order valence-corrected chi connectivity index (χ3v) is 24.4. The SMILES string of the molecule is CCCCCCCCCCCCCCCCCCOc1cc(CNC(=O)c2cc(C(C)(C)C)cc3c2Oc2c(C(=O)OC4CC5CC4C4C(=O)NCC54)cc(C(C)(C)C)cc2C3(C)C)cc(OCCCCCCCCCCCCCCCCCC)c1OCCCCCCCCCCCCCCCCCC. The number of benzene rings is 3. The quantitative estimate of drug-likeness (QED) is 0.0423. The van der Waals surface area contributed by atoms with Gasteiger partial charge in [0.2, 0.25) is 11.7 Å². The Labute approximate surface area is 643 Å². The number of fused-ring (bicyclic) bond motifs is 7. The van der Waals surface area contributed by atoms with E-state index in [9.17, 15) is 9.59 Å². The van der Waals surface area contributed by atoms with E-state index in [0.29, 0.717) is 78.1 Å². The number of nitrogens with one attached hydrogen (secondary N) is 2. The van der Waals surface area contributed by atoms with Gasteiger partial charge in [0.25, 0.3) is 5.91 Å². The molecule has 2 amide bonds. The van der Waals surface area contributed by atoms with Crippen LogP contribution in [0.5, 0.6) is 28.7 Å². The molecule has 3 fully saturated rings. The van der Waals surface area contributed by atoms with Crippen LogP contribution in [0.1, 0.15) is 446 Å². The normalized spacial score (nSPS) is 17.9. The highest BCUT2D eigenvalue weighted by atomic mass is 16.6. The van der Waals surface area contributed by atoms with Crippen molar-refractivity contribution in [2.75, 3.05) is 26.4 Å². The zero-order chi connectivity index (χ0) is 75.1. The number of amides is 2. The smallest absolute Gasteiger partial charge is 0.342 e. The molecule has 0 radical (unpaired) electrons. The van der Waals surface area contributed by atoms with Crippen molar-refractivity contribution in [2.24, 2.45) is 23.7 Å². The van der Waals surface area contributed by atoms with Gasteiger partial charge in [-0.2, -0.15) is 0 Å². The number of hydrogen-bond acceptors (Lipinski definition) is 8.